The van der Waals surface area contributed by atoms with Gasteiger partial charge in [0.25, 0.3) is 5.56 Å². The predicted molar refractivity (Wildman–Crippen MR) is 90.9 cm³/mol. The van der Waals surface area contributed by atoms with Gasteiger partial charge < -0.3 is 10.1 Å². The first kappa shape index (κ1) is 15.4. The zero-order valence-corrected chi connectivity index (χ0v) is 13.9. The topological polar surface area (TPSA) is 90.5 Å². The summed E-state index contributed by atoms with van der Waals surface area (Å²) in [7, 11) is 1.65. The minimum atomic E-state index is -0.404. The summed E-state index contributed by atoms with van der Waals surface area (Å²) in [6, 6.07) is 7.49. The van der Waals surface area contributed by atoms with Crippen LogP contribution >= 0.6 is 0 Å². The Morgan fingerprint density at radius 2 is 2.12 bits per heavy atom. The first-order chi connectivity index (χ1) is 12.1. The van der Waals surface area contributed by atoms with E-state index >= 15 is 0 Å². The molecule has 8 heteroatoms. The molecule has 1 unspecified atom stereocenters. The highest BCUT2D eigenvalue weighted by molar-refractivity contribution is 5.94. The summed E-state index contributed by atoms with van der Waals surface area (Å²) in [6.45, 7) is 2.40. The number of rotatable bonds is 3. The van der Waals surface area contributed by atoms with Gasteiger partial charge in [-0.15, -0.1) is 0 Å². The lowest BCUT2D eigenvalue weighted by Gasteiger charge is -2.27. The Kier molecular flexibility index (Phi) is 3.52. The first-order valence-corrected chi connectivity index (χ1v) is 8.06. The van der Waals surface area contributed by atoms with Crippen LogP contribution in [0.3, 0.4) is 0 Å². The number of anilines is 1. The molecule has 2 aromatic heterocycles. The summed E-state index contributed by atoms with van der Waals surface area (Å²) in [6.07, 6.45) is 1.53. The third kappa shape index (κ3) is 2.29. The molecule has 0 aliphatic carbocycles. The summed E-state index contributed by atoms with van der Waals surface area (Å²) < 4.78 is 8.64. The van der Waals surface area contributed by atoms with Crippen molar-refractivity contribution in [1.82, 2.24) is 19.2 Å². The second-order valence-electron chi connectivity index (χ2n) is 5.87. The zero-order valence-electron chi connectivity index (χ0n) is 13.9. The Bertz CT molecular complexity index is 1040. The highest BCUT2D eigenvalue weighted by Crippen LogP contribution is 2.38. The smallest absolute Gasteiger partial charge is 0.260 e. The molecular formula is C17H17N5O3. The van der Waals surface area contributed by atoms with Crippen LogP contribution in [0.2, 0.25) is 0 Å². The number of nitrogens with zero attached hydrogens (tertiary/aromatic N) is 4. The molecule has 1 N–H and O–H groups in total. The van der Waals surface area contributed by atoms with Gasteiger partial charge in [-0.05, 0) is 13.0 Å². The van der Waals surface area contributed by atoms with Crippen molar-refractivity contribution in [3.8, 4) is 5.75 Å². The van der Waals surface area contributed by atoms with Crippen LogP contribution in [0.1, 0.15) is 30.4 Å². The van der Waals surface area contributed by atoms with Crippen molar-refractivity contribution < 1.29 is 9.53 Å². The van der Waals surface area contributed by atoms with Crippen molar-refractivity contribution >= 4 is 17.5 Å². The molecular weight excluding hydrogens is 322 g/mol. The third-order valence-corrected chi connectivity index (χ3v) is 4.42. The number of ether oxygens (including phenoxy) is 1. The number of para-hydroxylation sites is 1. The molecule has 0 saturated heterocycles. The van der Waals surface area contributed by atoms with E-state index in [2.05, 4.69) is 15.4 Å². The fraction of sp³-hybridized carbons (Fsp3) is 0.294. The highest BCUT2D eigenvalue weighted by atomic mass is 16.5. The first-order valence-electron chi connectivity index (χ1n) is 8.06. The molecule has 1 amide bonds. The van der Waals surface area contributed by atoms with Crippen LogP contribution in [0.25, 0.3) is 5.78 Å². The van der Waals surface area contributed by atoms with Crippen LogP contribution in [0.4, 0.5) is 5.82 Å². The number of hydrogen-bond acceptors (Lipinski definition) is 5. The van der Waals surface area contributed by atoms with Crippen molar-refractivity contribution in [3.63, 3.8) is 0 Å². The second-order valence-corrected chi connectivity index (χ2v) is 5.87. The van der Waals surface area contributed by atoms with Gasteiger partial charge >= 0.3 is 0 Å². The Morgan fingerprint density at radius 3 is 2.92 bits per heavy atom. The lowest BCUT2D eigenvalue weighted by Crippen LogP contribution is -2.35. The van der Waals surface area contributed by atoms with Crippen LogP contribution in [-0.2, 0) is 11.8 Å². The van der Waals surface area contributed by atoms with Gasteiger partial charge in [0.1, 0.15) is 17.9 Å². The van der Waals surface area contributed by atoms with E-state index < -0.39 is 5.92 Å². The van der Waals surface area contributed by atoms with Crippen molar-refractivity contribution in [2.75, 3.05) is 11.9 Å². The van der Waals surface area contributed by atoms with Crippen molar-refractivity contribution in [1.29, 1.82) is 0 Å². The molecule has 25 heavy (non-hydrogen) atoms. The van der Waals surface area contributed by atoms with Gasteiger partial charge in [-0.2, -0.15) is 14.6 Å². The van der Waals surface area contributed by atoms with E-state index in [4.69, 9.17) is 4.74 Å². The van der Waals surface area contributed by atoms with Gasteiger partial charge in [0.2, 0.25) is 11.7 Å². The maximum absolute atomic E-state index is 13.0. The van der Waals surface area contributed by atoms with E-state index in [1.54, 1.807) is 7.05 Å². The number of hydrogen-bond donors (Lipinski definition) is 1. The minimum Gasteiger partial charge on any atom is -0.494 e. The molecule has 1 aromatic carbocycles. The molecule has 0 saturated carbocycles. The van der Waals surface area contributed by atoms with E-state index in [0.717, 1.165) is 5.56 Å². The van der Waals surface area contributed by atoms with Crippen LogP contribution < -0.4 is 15.6 Å². The van der Waals surface area contributed by atoms with Gasteiger partial charge in [-0.1, -0.05) is 18.2 Å². The zero-order chi connectivity index (χ0) is 17.6. The quantitative estimate of drug-likeness (QED) is 0.777. The Hall–Kier alpha value is -3.16. The van der Waals surface area contributed by atoms with Gasteiger partial charge in [-0.3, -0.25) is 14.2 Å². The average molecular weight is 339 g/mol. The summed E-state index contributed by atoms with van der Waals surface area (Å²) in [5, 5.41) is 6.93. The minimum absolute atomic E-state index is 0.172. The molecule has 4 rings (SSSR count). The van der Waals surface area contributed by atoms with Gasteiger partial charge in [0.05, 0.1) is 12.2 Å². The third-order valence-electron chi connectivity index (χ3n) is 4.42. The largest absolute Gasteiger partial charge is 0.494 e. The fourth-order valence-corrected chi connectivity index (χ4v) is 3.33. The summed E-state index contributed by atoms with van der Waals surface area (Å²) in [5.41, 5.74) is 1.11. The van der Waals surface area contributed by atoms with E-state index in [1.807, 2.05) is 31.2 Å². The SMILES string of the molecule is CCOc1ccccc1C1CC(=O)Nc2c1c(=O)n(C)c1ncnn21. The second kappa shape index (κ2) is 5.73. The van der Waals surface area contributed by atoms with Crippen LogP contribution in [0.15, 0.2) is 35.4 Å². The molecule has 0 fully saturated rings. The highest BCUT2D eigenvalue weighted by Gasteiger charge is 2.34. The Labute approximate surface area is 143 Å². The molecule has 3 aromatic rings. The normalized spacial score (nSPS) is 16.6. The molecule has 0 radical (unpaired) electrons. The molecule has 8 nitrogen and oxygen atoms in total. The predicted octanol–water partition coefficient (Wildman–Crippen LogP) is 1.30. The number of carbonyl (C=O) groups is 1. The standard InChI is InChI=1S/C17H17N5O3/c1-3-25-12-7-5-4-6-10(12)11-8-13(23)20-15-14(11)16(24)21(2)17-18-9-19-22(15)17/h4-7,9,11H,3,8H2,1-2H3,(H,20,23). The van der Waals surface area contributed by atoms with Crippen LogP contribution in [0.5, 0.6) is 5.75 Å². The molecule has 3 heterocycles. The van der Waals surface area contributed by atoms with Crippen LogP contribution in [0, 0.1) is 0 Å². The molecule has 128 valence electrons. The number of benzene rings is 1. The maximum atomic E-state index is 13.0. The number of amides is 1. The Morgan fingerprint density at radius 1 is 1.32 bits per heavy atom. The lowest BCUT2D eigenvalue weighted by atomic mass is 9.86. The number of nitrogens with one attached hydrogen (secondary N) is 1. The number of fused-ring (bicyclic) bond motifs is 3. The van der Waals surface area contributed by atoms with E-state index in [9.17, 15) is 9.59 Å². The lowest BCUT2D eigenvalue weighted by molar-refractivity contribution is -0.116. The van der Waals surface area contributed by atoms with E-state index in [1.165, 1.54) is 15.4 Å². The fourth-order valence-electron chi connectivity index (χ4n) is 3.33. The number of aromatic nitrogens is 4. The molecule has 0 spiro atoms. The summed E-state index contributed by atoms with van der Waals surface area (Å²) in [5.74, 6) is 0.856. The van der Waals surface area contributed by atoms with Gasteiger partial charge in [0, 0.05) is 24.9 Å². The van der Waals surface area contributed by atoms with Crippen molar-refractivity contribution in [2.24, 2.45) is 7.05 Å². The van der Waals surface area contributed by atoms with Crippen molar-refractivity contribution in [3.05, 3.63) is 52.1 Å². The maximum Gasteiger partial charge on any atom is 0.260 e. The number of carbonyl (C=O) groups excluding carboxylic acids is 1. The monoisotopic (exact) mass is 339 g/mol. The van der Waals surface area contributed by atoms with Gasteiger partial charge in [0.15, 0.2) is 0 Å². The summed E-state index contributed by atoms with van der Waals surface area (Å²) >= 11 is 0. The number of aryl methyl sites for hydroxylation is 1. The molecule has 1 aliphatic heterocycles. The molecule has 1 aliphatic rings. The van der Waals surface area contributed by atoms with E-state index in [-0.39, 0.29) is 17.9 Å². The Balaban J connectivity index is 2.01. The molecule has 0 bridgehead atoms. The van der Waals surface area contributed by atoms with Gasteiger partial charge in [-0.25, -0.2) is 0 Å². The summed E-state index contributed by atoms with van der Waals surface area (Å²) in [4.78, 5) is 29.4. The van der Waals surface area contributed by atoms with E-state index in [0.29, 0.717) is 29.5 Å². The average Bonchev–Trinajstić information content (AvgIpc) is 3.10. The van der Waals surface area contributed by atoms with Crippen molar-refractivity contribution in [2.45, 2.75) is 19.3 Å². The van der Waals surface area contributed by atoms with Crippen LogP contribution in [-0.4, -0.2) is 31.7 Å². The molecule has 1 atom stereocenters.